The van der Waals surface area contributed by atoms with Gasteiger partial charge in [0, 0.05) is 26.1 Å². The molecule has 0 radical (unpaired) electrons. The molecule has 1 N–H and O–H groups in total. The predicted molar refractivity (Wildman–Crippen MR) is 75.6 cm³/mol. The van der Waals surface area contributed by atoms with Gasteiger partial charge in [-0.15, -0.1) is 0 Å². The predicted octanol–water partition coefficient (Wildman–Crippen LogP) is 1.18. The van der Waals surface area contributed by atoms with Gasteiger partial charge < -0.3 is 15.1 Å². The molecular formula is C14H29N3O. The molecule has 1 heterocycles. The first kappa shape index (κ1) is 15.4. The highest BCUT2D eigenvalue weighted by atomic mass is 16.2. The first-order valence-electron chi connectivity index (χ1n) is 7.28. The van der Waals surface area contributed by atoms with Crippen molar-refractivity contribution in [3.8, 4) is 0 Å². The van der Waals surface area contributed by atoms with Crippen LogP contribution >= 0.6 is 0 Å². The Hall–Kier alpha value is -0.610. The second-order valence-corrected chi connectivity index (χ2v) is 5.46. The van der Waals surface area contributed by atoms with Crippen molar-refractivity contribution in [1.82, 2.24) is 15.1 Å². The van der Waals surface area contributed by atoms with Crippen LogP contribution < -0.4 is 5.32 Å². The average molecular weight is 255 g/mol. The van der Waals surface area contributed by atoms with Crippen molar-refractivity contribution in [2.75, 3.05) is 46.8 Å². The van der Waals surface area contributed by atoms with E-state index in [0.717, 1.165) is 39.1 Å². The second kappa shape index (κ2) is 8.48. The zero-order valence-electron chi connectivity index (χ0n) is 12.2. The van der Waals surface area contributed by atoms with Gasteiger partial charge in [0.15, 0.2) is 0 Å². The van der Waals surface area contributed by atoms with E-state index in [1.807, 2.05) is 7.05 Å². The summed E-state index contributed by atoms with van der Waals surface area (Å²) in [5.74, 6) is 1.01. The van der Waals surface area contributed by atoms with E-state index in [1.54, 1.807) is 0 Å². The van der Waals surface area contributed by atoms with Gasteiger partial charge in [-0.1, -0.05) is 6.92 Å². The molecular weight excluding hydrogens is 226 g/mol. The van der Waals surface area contributed by atoms with Crippen LogP contribution in [0.2, 0.25) is 0 Å². The SMILES string of the molecule is CCCN(C)CC1CCN(C(=O)CCCNC)C1. The van der Waals surface area contributed by atoms with Gasteiger partial charge in [0.2, 0.25) is 5.91 Å². The molecule has 1 saturated heterocycles. The van der Waals surface area contributed by atoms with Crippen molar-refractivity contribution in [2.24, 2.45) is 5.92 Å². The lowest BCUT2D eigenvalue weighted by Gasteiger charge is -2.21. The summed E-state index contributed by atoms with van der Waals surface area (Å²) in [4.78, 5) is 16.4. The van der Waals surface area contributed by atoms with E-state index in [1.165, 1.54) is 12.8 Å². The molecule has 18 heavy (non-hydrogen) atoms. The number of hydrogen-bond acceptors (Lipinski definition) is 3. The largest absolute Gasteiger partial charge is 0.342 e. The van der Waals surface area contributed by atoms with Gasteiger partial charge in [-0.2, -0.15) is 0 Å². The first-order chi connectivity index (χ1) is 8.67. The number of hydrogen-bond donors (Lipinski definition) is 1. The van der Waals surface area contributed by atoms with Crippen LogP contribution in [0.25, 0.3) is 0 Å². The van der Waals surface area contributed by atoms with Gasteiger partial charge in [0.25, 0.3) is 0 Å². The normalized spacial score (nSPS) is 19.8. The molecule has 1 atom stereocenters. The van der Waals surface area contributed by atoms with E-state index < -0.39 is 0 Å². The highest BCUT2D eigenvalue weighted by molar-refractivity contribution is 5.76. The summed E-state index contributed by atoms with van der Waals surface area (Å²) in [6.07, 6.45) is 4.02. The Labute approximate surface area is 112 Å². The Balaban J connectivity index is 2.21. The molecule has 1 aliphatic heterocycles. The van der Waals surface area contributed by atoms with Crippen LogP contribution in [0.4, 0.5) is 0 Å². The highest BCUT2D eigenvalue weighted by Crippen LogP contribution is 2.18. The third kappa shape index (κ3) is 5.36. The molecule has 1 unspecified atom stereocenters. The number of likely N-dealkylation sites (tertiary alicyclic amines) is 1. The Morgan fingerprint density at radius 3 is 2.94 bits per heavy atom. The molecule has 0 aliphatic carbocycles. The van der Waals surface area contributed by atoms with Gasteiger partial charge in [-0.3, -0.25) is 4.79 Å². The Bertz CT molecular complexity index is 245. The molecule has 106 valence electrons. The number of rotatable bonds is 8. The lowest BCUT2D eigenvalue weighted by molar-refractivity contribution is -0.130. The fraction of sp³-hybridized carbons (Fsp3) is 0.929. The van der Waals surface area contributed by atoms with E-state index in [0.29, 0.717) is 18.2 Å². The Morgan fingerprint density at radius 2 is 2.28 bits per heavy atom. The zero-order chi connectivity index (χ0) is 13.4. The Morgan fingerprint density at radius 1 is 1.50 bits per heavy atom. The summed E-state index contributed by atoms with van der Waals surface area (Å²) < 4.78 is 0. The fourth-order valence-corrected chi connectivity index (χ4v) is 2.70. The summed E-state index contributed by atoms with van der Waals surface area (Å²) in [6, 6.07) is 0. The van der Waals surface area contributed by atoms with Crippen molar-refractivity contribution in [2.45, 2.75) is 32.6 Å². The van der Waals surface area contributed by atoms with Crippen molar-refractivity contribution < 1.29 is 4.79 Å². The molecule has 0 aromatic heterocycles. The Kier molecular flexibility index (Phi) is 7.28. The molecule has 1 fully saturated rings. The van der Waals surface area contributed by atoms with Gasteiger partial charge in [-0.25, -0.2) is 0 Å². The lowest BCUT2D eigenvalue weighted by atomic mass is 10.1. The van der Waals surface area contributed by atoms with Crippen LogP contribution in [0.5, 0.6) is 0 Å². The van der Waals surface area contributed by atoms with Crippen molar-refractivity contribution in [3.05, 3.63) is 0 Å². The number of nitrogens with one attached hydrogen (secondary N) is 1. The van der Waals surface area contributed by atoms with Crippen LogP contribution in [0.1, 0.15) is 32.6 Å². The third-order valence-electron chi connectivity index (χ3n) is 3.63. The van der Waals surface area contributed by atoms with Crippen LogP contribution in [0.15, 0.2) is 0 Å². The maximum absolute atomic E-state index is 12.0. The monoisotopic (exact) mass is 255 g/mol. The highest BCUT2D eigenvalue weighted by Gasteiger charge is 2.26. The summed E-state index contributed by atoms with van der Waals surface area (Å²) >= 11 is 0. The maximum atomic E-state index is 12.0. The van der Waals surface area contributed by atoms with E-state index in [4.69, 9.17) is 0 Å². The smallest absolute Gasteiger partial charge is 0.222 e. The molecule has 0 bridgehead atoms. The molecule has 4 nitrogen and oxygen atoms in total. The van der Waals surface area contributed by atoms with Gasteiger partial charge >= 0.3 is 0 Å². The molecule has 1 amide bonds. The van der Waals surface area contributed by atoms with Crippen molar-refractivity contribution in [3.63, 3.8) is 0 Å². The summed E-state index contributed by atoms with van der Waals surface area (Å²) in [6.45, 7) is 7.36. The van der Waals surface area contributed by atoms with Gasteiger partial charge in [-0.05, 0) is 52.4 Å². The standard InChI is InChI=1S/C14H29N3O/c1-4-9-16(3)11-13-7-10-17(12-13)14(18)6-5-8-15-2/h13,15H,4-12H2,1-3H3. The van der Waals surface area contributed by atoms with Gasteiger partial charge in [0.05, 0.1) is 0 Å². The summed E-state index contributed by atoms with van der Waals surface area (Å²) in [7, 11) is 4.11. The lowest BCUT2D eigenvalue weighted by Crippen LogP contribution is -2.32. The number of amides is 1. The molecule has 0 aromatic rings. The molecule has 0 aromatic carbocycles. The van der Waals surface area contributed by atoms with Crippen LogP contribution in [0, 0.1) is 5.92 Å². The average Bonchev–Trinajstić information content (AvgIpc) is 2.78. The van der Waals surface area contributed by atoms with Crippen molar-refractivity contribution >= 4 is 5.91 Å². The molecule has 0 spiro atoms. The van der Waals surface area contributed by atoms with Crippen LogP contribution in [0.3, 0.4) is 0 Å². The fourth-order valence-electron chi connectivity index (χ4n) is 2.70. The van der Waals surface area contributed by atoms with E-state index in [-0.39, 0.29) is 0 Å². The minimum atomic E-state index is 0.339. The number of nitrogens with zero attached hydrogens (tertiary/aromatic N) is 2. The zero-order valence-corrected chi connectivity index (χ0v) is 12.2. The topological polar surface area (TPSA) is 35.6 Å². The van der Waals surface area contributed by atoms with Crippen molar-refractivity contribution in [1.29, 1.82) is 0 Å². The van der Waals surface area contributed by atoms with Gasteiger partial charge in [0.1, 0.15) is 0 Å². The summed E-state index contributed by atoms with van der Waals surface area (Å²) in [5.41, 5.74) is 0. The molecule has 4 heteroatoms. The quantitative estimate of drug-likeness (QED) is 0.662. The molecule has 0 saturated carbocycles. The van der Waals surface area contributed by atoms with E-state index in [9.17, 15) is 4.79 Å². The van der Waals surface area contributed by atoms with Crippen LogP contribution in [-0.4, -0.2) is 62.5 Å². The second-order valence-electron chi connectivity index (χ2n) is 5.46. The maximum Gasteiger partial charge on any atom is 0.222 e. The van der Waals surface area contributed by atoms with Crippen LogP contribution in [-0.2, 0) is 4.79 Å². The minimum Gasteiger partial charge on any atom is -0.342 e. The molecule has 1 rings (SSSR count). The third-order valence-corrected chi connectivity index (χ3v) is 3.63. The van der Waals surface area contributed by atoms with E-state index >= 15 is 0 Å². The summed E-state index contributed by atoms with van der Waals surface area (Å²) in [5, 5.41) is 3.09. The minimum absolute atomic E-state index is 0.339. The number of carbonyl (C=O) groups excluding carboxylic acids is 1. The first-order valence-corrected chi connectivity index (χ1v) is 7.28. The molecule has 1 aliphatic rings. The van der Waals surface area contributed by atoms with E-state index in [2.05, 4.69) is 29.1 Å². The number of carbonyl (C=O) groups is 1.